The molecule has 3 aromatic rings. The van der Waals surface area contributed by atoms with Crippen LogP contribution in [0.3, 0.4) is 0 Å². The smallest absolute Gasteiger partial charge is 0.299 e. The first kappa shape index (κ1) is 18.5. The Balaban J connectivity index is 1.74. The number of likely N-dealkylation sites (N-methyl/N-ethyl adjacent to an activating group) is 1. The van der Waals surface area contributed by atoms with Crippen molar-refractivity contribution < 1.29 is 4.74 Å². The van der Waals surface area contributed by atoms with Crippen LogP contribution in [0.25, 0.3) is 11.4 Å². The molecule has 3 rings (SSSR count). The summed E-state index contributed by atoms with van der Waals surface area (Å²) in [5.74, 6) is 1.48. The molecule has 5 nitrogen and oxygen atoms in total. The zero-order valence-corrected chi connectivity index (χ0v) is 16.5. The van der Waals surface area contributed by atoms with Gasteiger partial charge in [0.05, 0.1) is 0 Å². The summed E-state index contributed by atoms with van der Waals surface area (Å²) in [5, 5.41) is 0.546. The van der Waals surface area contributed by atoms with Crippen LogP contribution in [0.1, 0.15) is 23.6 Å². The Morgan fingerprint density at radius 3 is 2.77 bits per heavy atom. The third kappa shape index (κ3) is 4.45. The first-order chi connectivity index (χ1) is 12.6. The minimum atomic E-state index is 0.546. The van der Waals surface area contributed by atoms with Gasteiger partial charge >= 0.3 is 0 Å². The quantitative estimate of drug-likeness (QED) is 0.614. The summed E-state index contributed by atoms with van der Waals surface area (Å²) in [6, 6.07) is 8.13. The number of ether oxygens (including phenoxy) is 1. The van der Waals surface area contributed by atoms with Crippen molar-refractivity contribution in [3.63, 3.8) is 0 Å². The van der Waals surface area contributed by atoms with Crippen LogP contribution in [0.4, 0.5) is 0 Å². The molecule has 0 bridgehead atoms. The Bertz CT molecular complexity index is 864. The highest BCUT2D eigenvalue weighted by Crippen LogP contribution is 2.30. The van der Waals surface area contributed by atoms with E-state index in [1.807, 2.05) is 12.1 Å². The van der Waals surface area contributed by atoms with E-state index in [1.54, 1.807) is 12.4 Å². The number of aromatic nitrogens is 3. The van der Waals surface area contributed by atoms with Crippen molar-refractivity contribution in [1.29, 1.82) is 0 Å². The van der Waals surface area contributed by atoms with E-state index in [9.17, 15) is 0 Å². The molecule has 0 aliphatic carbocycles. The first-order valence-corrected chi connectivity index (χ1v) is 9.54. The third-order valence-corrected chi connectivity index (χ3v) is 5.06. The number of benzene rings is 1. The van der Waals surface area contributed by atoms with Crippen LogP contribution in [-0.4, -0.2) is 39.4 Å². The van der Waals surface area contributed by atoms with Gasteiger partial charge in [0.15, 0.2) is 5.82 Å². The fraction of sp³-hybridized carbons (Fsp3) is 0.350. The van der Waals surface area contributed by atoms with Gasteiger partial charge in [-0.05, 0) is 68.8 Å². The van der Waals surface area contributed by atoms with Gasteiger partial charge in [-0.25, -0.2) is 0 Å². The molecule has 2 heterocycles. The first-order valence-electron chi connectivity index (χ1n) is 8.77. The van der Waals surface area contributed by atoms with Gasteiger partial charge in [0.25, 0.3) is 5.19 Å². The molecule has 0 unspecified atom stereocenters. The van der Waals surface area contributed by atoms with Gasteiger partial charge in [-0.2, -0.15) is 9.36 Å². The number of hydrogen-bond acceptors (Lipinski definition) is 6. The topological polar surface area (TPSA) is 51.1 Å². The molecule has 0 radical (unpaired) electrons. The molecular formula is C20H24N4OS. The van der Waals surface area contributed by atoms with Gasteiger partial charge in [0.1, 0.15) is 5.75 Å². The van der Waals surface area contributed by atoms with Crippen molar-refractivity contribution >= 4 is 11.5 Å². The maximum absolute atomic E-state index is 6.01. The van der Waals surface area contributed by atoms with Gasteiger partial charge < -0.3 is 9.64 Å². The minimum absolute atomic E-state index is 0.546. The Kier molecular flexibility index (Phi) is 5.96. The van der Waals surface area contributed by atoms with Crippen LogP contribution in [0.2, 0.25) is 0 Å². The van der Waals surface area contributed by atoms with Crippen LogP contribution in [0.5, 0.6) is 10.9 Å². The molecule has 0 atom stereocenters. The van der Waals surface area contributed by atoms with Gasteiger partial charge in [-0.1, -0.05) is 13.0 Å². The molecule has 0 aliphatic rings. The number of rotatable bonds is 7. The van der Waals surface area contributed by atoms with E-state index >= 15 is 0 Å². The zero-order chi connectivity index (χ0) is 18.5. The molecule has 0 saturated heterocycles. The lowest BCUT2D eigenvalue weighted by atomic mass is 10.0. The molecule has 2 aromatic heterocycles. The van der Waals surface area contributed by atoms with Gasteiger partial charge in [0, 0.05) is 36.0 Å². The van der Waals surface area contributed by atoms with Crippen LogP contribution in [-0.2, 0) is 6.42 Å². The average molecular weight is 369 g/mol. The molecule has 0 fully saturated rings. The van der Waals surface area contributed by atoms with E-state index in [0.717, 1.165) is 36.4 Å². The van der Waals surface area contributed by atoms with Crippen molar-refractivity contribution in [1.82, 2.24) is 19.2 Å². The lowest BCUT2D eigenvalue weighted by molar-refractivity contribution is 0.357. The van der Waals surface area contributed by atoms with E-state index < -0.39 is 0 Å². The molecule has 26 heavy (non-hydrogen) atoms. The lowest BCUT2D eigenvalue weighted by Crippen LogP contribution is -2.20. The Hall–Kier alpha value is -2.31. The summed E-state index contributed by atoms with van der Waals surface area (Å²) in [5.41, 5.74) is 4.61. The fourth-order valence-electron chi connectivity index (χ4n) is 2.66. The van der Waals surface area contributed by atoms with E-state index in [-0.39, 0.29) is 0 Å². The number of pyridine rings is 1. The van der Waals surface area contributed by atoms with Crippen molar-refractivity contribution in [3.8, 4) is 22.3 Å². The van der Waals surface area contributed by atoms with E-state index in [2.05, 4.69) is 59.2 Å². The van der Waals surface area contributed by atoms with Crippen molar-refractivity contribution in [2.75, 3.05) is 20.1 Å². The fourth-order valence-corrected chi connectivity index (χ4v) is 3.22. The number of hydrogen-bond donors (Lipinski definition) is 0. The highest BCUT2D eigenvalue weighted by atomic mass is 32.1. The molecule has 0 spiro atoms. The molecule has 0 N–H and O–H groups in total. The highest BCUT2D eigenvalue weighted by molar-refractivity contribution is 7.07. The lowest BCUT2D eigenvalue weighted by Gasteiger charge is -2.16. The Labute approximate surface area is 158 Å². The summed E-state index contributed by atoms with van der Waals surface area (Å²) in [7, 11) is 2.15. The SMILES string of the molecule is CCN(C)CCc1cc(C)c(Oc2nc(-c3cccnc3)ns2)cc1C. The zero-order valence-electron chi connectivity index (χ0n) is 15.7. The second-order valence-electron chi connectivity index (χ2n) is 6.42. The predicted molar refractivity (Wildman–Crippen MR) is 106 cm³/mol. The van der Waals surface area contributed by atoms with Gasteiger partial charge in [0.2, 0.25) is 0 Å². The largest absolute Gasteiger partial charge is 0.430 e. The summed E-state index contributed by atoms with van der Waals surface area (Å²) in [6.45, 7) is 8.51. The molecular weight excluding hydrogens is 344 g/mol. The van der Waals surface area contributed by atoms with Crippen LogP contribution >= 0.6 is 11.5 Å². The van der Waals surface area contributed by atoms with Crippen LogP contribution in [0, 0.1) is 13.8 Å². The molecule has 0 saturated carbocycles. The summed E-state index contributed by atoms with van der Waals surface area (Å²) in [6.07, 6.45) is 4.53. The second kappa shape index (κ2) is 8.38. The molecule has 0 aliphatic heterocycles. The Morgan fingerprint density at radius 1 is 1.19 bits per heavy atom. The molecule has 6 heteroatoms. The third-order valence-electron chi connectivity index (χ3n) is 4.46. The maximum atomic E-state index is 6.01. The normalized spacial score (nSPS) is 11.1. The van der Waals surface area contributed by atoms with E-state index in [1.165, 1.54) is 22.7 Å². The Morgan fingerprint density at radius 2 is 2.04 bits per heavy atom. The summed E-state index contributed by atoms with van der Waals surface area (Å²) < 4.78 is 10.4. The van der Waals surface area contributed by atoms with E-state index in [0.29, 0.717) is 11.0 Å². The molecule has 0 amide bonds. The average Bonchev–Trinajstić information content (AvgIpc) is 3.12. The second-order valence-corrected chi connectivity index (χ2v) is 7.13. The summed E-state index contributed by atoms with van der Waals surface area (Å²) >= 11 is 1.26. The van der Waals surface area contributed by atoms with Crippen molar-refractivity contribution in [3.05, 3.63) is 53.3 Å². The standard InChI is InChI=1S/C20H24N4OS/c1-5-24(4)10-8-16-11-15(3)18(12-14(16)2)25-20-22-19(23-26-20)17-7-6-9-21-13-17/h6-7,9,11-13H,5,8,10H2,1-4H3. The molecule has 136 valence electrons. The van der Waals surface area contributed by atoms with Crippen LogP contribution < -0.4 is 4.74 Å². The van der Waals surface area contributed by atoms with Crippen LogP contribution in [0.15, 0.2) is 36.7 Å². The molecule has 1 aromatic carbocycles. The monoisotopic (exact) mass is 368 g/mol. The van der Waals surface area contributed by atoms with Gasteiger partial charge in [-0.15, -0.1) is 0 Å². The minimum Gasteiger partial charge on any atom is -0.430 e. The maximum Gasteiger partial charge on any atom is 0.299 e. The predicted octanol–water partition coefficient (Wildman–Crippen LogP) is 4.50. The highest BCUT2D eigenvalue weighted by Gasteiger charge is 2.12. The van der Waals surface area contributed by atoms with Crippen molar-refractivity contribution in [2.24, 2.45) is 0 Å². The van der Waals surface area contributed by atoms with Gasteiger partial charge in [-0.3, -0.25) is 4.98 Å². The number of nitrogens with zero attached hydrogens (tertiary/aromatic N) is 4. The number of aryl methyl sites for hydroxylation is 2. The van der Waals surface area contributed by atoms with E-state index in [4.69, 9.17) is 4.74 Å². The summed E-state index contributed by atoms with van der Waals surface area (Å²) in [4.78, 5) is 10.9. The van der Waals surface area contributed by atoms with Crippen molar-refractivity contribution in [2.45, 2.75) is 27.2 Å².